The van der Waals surface area contributed by atoms with Gasteiger partial charge in [-0.2, -0.15) is 9.78 Å². The molecule has 0 radical (unpaired) electrons. The summed E-state index contributed by atoms with van der Waals surface area (Å²) in [5.74, 6) is 6.52. The molecule has 3 rings (SSSR count). The van der Waals surface area contributed by atoms with Gasteiger partial charge in [0.15, 0.2) is 0 Å². The average molecular weight is 397 g/mol. The van der Waals surface area contributed by atoms with Gasteiger partial charge in [0, 0.05) is 21.3 Å². The minimum absolute atomic E-state index is 0.206. The summed E-state index contributed by atoms with van der Waals surface area (Å²) >= 11 is 3.52. The van der Waals surface area contributed by atoms with Gasteiger partial charge in [0.25, 0.3) is 0 Å². The van der Waals surface area contributed by atoms with Crippen molar-refractivity contribution in [2.75, 3.05) is 0 Å². The third-order valence-electron chi connectivity index (χ3n) is 3.53. The van der Waals surface area contributed by atoms with Gasteiger partial charge in [0.2, 0.25) is 0 Å². The highest BCUT2D eigenvalue weighted by molar-refractivity contribution is 9.10. The quantitative estimate of drug-likeness (QED) is 0.573. The molecule has 0 aliphatic heterocycles. The molecule has 0 saturated carbocycles. The molecule has 0 saturated heterocycles. The van der Waals surface area contributed by atoms with Crippen molar-refractivity contribution in [2.45, 2.75) is 20.5 Å². The van der Waals surface area contributed by atoms with E-state index in [0.717, 1.165) is 21.0 Å². The SMILES string of the molecule is CC(C)C#Cc1cc2c(cnn2C(=O)OCc2ccccc2)cc1Br. The Morgan fingerprint density at radius 2 is 2.04 bits per heavy atom. The summed E-state index contributed by atoms with van der Waals surface area (Å²) < 4.78 is 7.51. The van der Waals surface area contributed by atoms with Crippen LogP contribution in [0.2, 0.25) is 0 Å². The second-order valence-electron chi connectivity index (χ2n) is 5.91. The van der Waals surface area contributed by atoms with E-state index in [4.69, 9.17) is 4.74 Å². The second kappa shape index (κ2) is 7.54. The fourth-order valence-corrected chi connectivity index (χ4v) is 2.75. The molecule has 1 aromatic heterocycles. The zero-order valence-electron chi connectivity index (χ0n) is 14.0. The average Bonchev–Trinajstić information content (AvgIpc) is 3.01. The number of carbonyl (C=O) groups is 1. The Morgan fingerprint density at radius 3 is 2.76 bits per heavy atom. The van der Waals surface area contributed by atoms with E-state index in [1.807, 2.05) is 56.3 Å². The summed E-state index contributed by atoms with van der Waals surface area (Å²) in [4.78, 5) is 12.4. The third kappa shape index (κ3) is 4.09. The highest BCUT2D eigenvalue weighted by Crippen LogP contribution is 2.24. The standard InChI is InChI=1S/C20H17BrN2O2/c1-14(2)8-9-16-11-19-17(10-18(16)21)12-22-23(19)20(24)25-13-15-6-4-3-5-7-15/h3-7,10-12,14H,13H2,1-2H3. The van der Waals surface area contributed by atoms with E-state index < -0.39 is 6.09 Å². The molecule has 126 valence electrons. The predicted molar refractivity (Wildman–Crippen MR) is 101 cm³/mol. The number of halogens is 1. The molecule has 0 fully saturated rings. The topological polar surface area (TPSA) is 44.1 Å². The molecule has 3 aromatic rings. The number of hydrogen-bond donors (Lipinski definition) is 0. The Balaban J connectivity index is 1.87. The third-order valence-corrected chi connectivity index (χ3v) is 4.19. The molecule has 4 nitrogen and oxygen atoms in total. The molecule has 0 aliphatic rings. The first kappa shape index (κ1) is 17.2. The lowest BCUT2D eigenvalue weighted by Crippen LogP contribution is -2.14. The van der Waals surface area contributed by atoms with Crippen molar-refractivity contribution in [1.82, 2.24) is 9.78 Å². The maximum Gasteiger partial charge on any atom is 0.435 e. The van der Waals surface area contributed by atoms with Crippen molar-refractivity contribution in [3.63, 3.8) is 0 Å². The Morgan fingerprint density at radius 1 is 1.28 bits per heavy atom. The van der Waals surface area contributed by atoms with E-state index in [0.29, 0.717) is 5.52 Å². The van der Waals surface area contributed by atoms with E-state index in [2.05, 4.69) is 32.9 Å². The Bertz CT molecular complexity index is 966. The lowest BCUT2D eigenvalue weighted by atomic mass is 10.1. The Kier molecular flexibility index (Phi) is 5.20. The first-order chi connectivity index (χ1) is 12.0. The molecule has 25 heavy (non-hydrogen) atoms. The van der Waals surface area contributed by atoms with Crippen LogP contribution in [0, 0.1) is 17.8 Å². The van der Waals surface area contributed by atoms with E-state index in [1.54, 1.807) is 6.20 Å². The number of ether oxygens (including phenoxy) is 1. The van der Waals surface area contributed by atoms with Crippen LogP contribution in [0.1, 0.15) is 25.0 Å². The number of rotatable bonds is 2. The van der Waals surface area contributed by atoms with Crippen molar-refractivity contribution in [1.29, 1.82) is 0 Å². The molecule has 2 aromatic carbocycles. The number of hydrogen-bond acceptors (Lipinski definition) is 3. The van der Waals surface area contributed by atoms with Gasteiger partial charge in [-0.05, 0) is 33.6 Å². The lowest BCUT2D eigenvalue weighted by molar-refractivity contribution is 0.139. The van der Waals surface area contributed by atoms with E-state index in [-0.39, 0.29) is 12.5 Å². The first-order valence-corrected chi connectivity index (χ1v) is 8.74. The zero-order chi connectivity index (χ0) is 17.8. The van der Waals surface area contributed by atoms with Gasteiger partial charge in [-0.1, -0.05) is 56.0 Å². The van der Waals surface area contributed by atoms with Crippen LogP contribution in [0.5, 0.6) is 0 Å². The van der Waals surface area contributed by atoms with Crippen molar-refractivity contribution < 1.29 is 9.53 Å². The molecule has 0 unspecified atom stereocenters. The highest BCUT2D eigenvalue weighted by atomic mass is 79.9. The predicted octanol–water partition coefficient (Wildman–Crippen LogP) is 4.99. The van der Waals surface area contributed by atoms with Crippen molar-refractivity contribution in [3.05, 3.63) is 64.3 Å². The van der Waals surface area contributed by atoms with E-state index in [9.17, 15) is 4.79 Å². The molecule has 0 amide bonds. The maximum atomic E-state index is 12.4. The molecule has 1 heterocycles. The first-order valence-electron chi connectivity index (χ1n) is 7.94. The van der Waals surface area contributed by atoms with Crippen LogP contribution in [-0.2, 0) is 11.3 Å². The van der Waals surface area contributed by atoms with Gasteiger partial charge in [-0.15, -0.1) is 0 Å². The molecule has 0 N–H and O–H groups in total. The van der Waals surface area contributed by atoms with Crippen LogP contribution in [0.15, 0.2) is 53.1 Å². The smallest absolute Gasteiger partial charge is 0.435 e. The number of benzene rings is 2. The van der Waals surface area contributed by atoms with Gasteiger partial charge >= 0.3 is 6.09 Å². The summed E-state index contributed by atoms with van der Waals surface area (Å²) in [6, 6.07) is 13.3. The number of aromatic nitrogens is 2. The van der Waals surface area contributed by atoms with Crippen molar-refractivity contribution >= 4 is 32.9 Å². The molecular weight excluding hydrogens is 380 g/mol. The Labute approximate surface area is 154 Å². The number of nitrogens with zero attached hydrogens (tertiary/aromatic N) is 2. The number of carbonyl (C=O) groups excluding carboxylic acids is 1. The van der Waals surface area contributed by atoms with Crippen LogP contribution in [-0.4, -0.2) is 15.9 Å². The van der Waals surface area contributed by atoms with Crippen LogP contribution < -0.4 is 0 Å². The van der Waals surface area contributed by atoms with Gasteiger partial charge < -0.3 is 4.74 Å². The largest absolute Gasteiger partial charge is 0.443 e. The monoisotopic (exact) mass is 396 g/mol. The summed E-state index contributed by atoms with van der Waals surface area (Å²) in [6.45, 7) is 4.27. The van der Waals surface area contributed by atoms with Gasteiger partial charge in [-0.25, -0.2) is 4.79 Å². The van der Waals surface area contributed by atoms with Crippen LogP contribution in [0.4, 0.5) is 4.79 Å². The molecule has 0 bridgehead atoms. The van der Waals surface area contributed by atoms with Crippen molar-refractivity contribution in [2.24, 2.45) is 5.92 Å². The van der Waals surface area contributed by atoms with Gasteiger partial charge in [0.05, 0.1) is 11.7 Å². The van der Waals surface area contributed by atoms with Gasteiger partial charge in [-0.3, -0.25) is 0 Å². The summed E-state index contributed by atoms with van der Waals surface area (Å²) in [5, 5.41) is 5.00. The normalized spacial score (nSPS) is 10.6. The molecule has 0 aliphatic carbocycles. The molecule has 5 heteroatoms. The Hall–Kier alpha value is -2.58. The van der Waals surface area contributed by atoms with Crippen LogP contribution in [0.25, 0.3) is 10.9 Å². The van der Waals surface area contributed by atoms with E-state index >= 15 is 0 Å². The second-order valence-corrected chi connectivity index (χ2v) is 6.77. The van der Waals surface area contributed by atoms with Crippen molar-refractivity contribution in [3.8, 4) is 11.8 Å². The van der Waals surface area contributed by atoms with Crippen LogP contribution in [0.3, 0.4) is 0 Å². The highest BCUT2D eigenvalue weighted by Gasteiger charge is 2.14. The summed E-state index contributed by atoms with van der Waals surface area (Å²) in [5.41, 5.74) is 2.42. The fraction of sp³-hybridized carbons (Fsp3) is 0.200. The molecule has 0 atom stereocenters. The summed E-state index contributed by atoms with van der Waals surface area (Å²) in [6.07, 6.45) is 1.13. The lowest BCUT2D eigenvalue weighted by Gasteiger charge is -2.06. The van der Waals surface area contributed by atoms with E-state index in [1.165, 1.54) is 4.68 Å². The minimum atomic E-state index is -0.510. The fourth-order valence-electron chi connectivity index (χ4n) is 2.29. The molecular formula is C20H17BrN2O2. The summed E-state index contributed by atoms with van der Waals surface area (Å²) in [7, 11) is 0. The zero-order valence-corrected chi connectivity index (χ0v) is 15.6. The molecule has 0 spiro atoms. The van der Waals surface area contributed by atoms with Crippen LogP contribution >= 0.6 is 15.9 Å². The number of fused-ring (bicyclic) bond motifs is 1. The minimum Gasteiger partial charge on any atom is -0.443 e. The van der Waals surface area contributed by atoms with Gasteiger partial charge in [0.1, 0.15) is 6.61 Å². The maximum absolute atomic E-state index is 12.4.